The molecule has 0 radical (unpaired) electrons. The van der Waals surface area contributed by atoms with Gasteiger partial charge in [0, 0.05) is 5.69 Å². The van der Waals surface area contributed by atoms with E-state index in [-0.39, 0.29) is 17.0 Å². The maximum Gasteiger partial charge on any atom is 0.573 e. The number of Topliss-reactive ketones (excluding diaryl/α,β-unsaturated/α-hetero) is 1. The molecule has 1 aliphatic rings. The van der Waals surface area contributed by atoms with Gasteiger partial charge in [-0.05, 0) is 53.4 Å². The summed E-state index contributed by atoms with van der Waals surface area (Å²) in [6.07, 6.45) is -4.88. The van der Waals surface area contributed by atoms with E-state index in [1.165, 1.54) is 36.4 Å². The molecule has 0 spiro atoms. The van der Waals surface area contributed by atoms with E-state index < -0.39 is 35.6 Å². The van der Waals surface area contributed by atoms with Crippen LogP contribution in [0.3, 0.4) is 0 Å². The normalized spacial score (nSPS) is 16.5. The molecule has 32 heavy (non-hydrogen) atoms. The highest BCUT2D eigenvalue weighted by Crippen LogP contribution is 2.43. The maximum absolute atomic E-state index is 13.1. The third-order valence-corrected chi connectivity index (χ3v) is 5.62. The Morgan fingerprint density at radius 3 is 2.22 bits per heavy atom. The molecule has 0 saturated carbocycles. The predicted molar refractivity (Wildman–Crippen MR) is 110 cm³/mol. The molecule has 0 fully saturated rings. The summed E-state index contributed by atoms with van der Waals surface area (Å²) in [7, 11) is 0. The van der Waals surface area contributed by atoms with Gasteiger partial charge in [-0.2, -0.15) is 0 Å². The van der Waals surface area contributed by atoms with Crippen molar-refractivity contribution in [3.05, 3.63) is 87.8 Å². The summed E-state index contributed by atoms with van der Waals surface area (Å²) < 4.78 is 41.2. The number of amides is 1. The van der Waals surface area contributed by atoms with Crippen molar-refractivity contribution in [2.75, 3.05) is 4.90 Å². The average molecular weight is 461 g/mol. The standard InChI is InChI=1S/C22H14F3NO5S/c23-22(24,25)31-15-9-5-13(6-10-15)26-18(12-3-7-14(27)8-4-12)17(20(29)21(26)30)19(28)16-2-1-11-32-16/h1-11,18,27,29H. The number of alkyl halides is 3. The fourth-order valence-corrected chi connectivity index (χ4v) is 4.10. The van der Waals surface area contributed by atoms with Crippen LogP contribution >= 0.6 is 11.3 Å². The first-order valence-corrected chi connectivity index (χ1v) is 10.0. The minimum atomic E-state index is -4.88. The Hall–Kier alpha value is -3.79. The Kier molecular flexibility index (Phi) is 5.39. The molecule has 1 atom stereocenters. The van der Waals surface area contributed by atoms with Crippen molar-refractivity contribution in [3.63, 3.8) is 0 Å². The van der Waals surface area contributed by atoms with Crippen LogP contribution in [0.5, 0.6) is 11.5 Å². The number of halogens is 3. The van der Waals surface area contributed by atoms with Gasteiger partial charge in [-0.1, -0.05) is 18.2 Å². The first-order chi connectivity index (χ1) is 15.2. The van der Waals surface area contributed by atoms with Crippen LogP contribution in [0.2, 0.25) is 0 Å². The molecular formula is C22H14F3NO5S. The van der Waals surface area contributed by atoms with Crippen molar-refractivity contribution < 1.29 is 37.7 Å². The number of ether oxygens (including phenoxy) is 1. The Morgan fingerprint density at radius 1 is 1.00 bits per heavy atom. The Balaban J connectivity index is 1.78. The number of ketones is 1. The van der Waals surface area contributed by atoms with Crippen LogP contribution in [0.25, 0.3) is 0 Å². The molecule has 2 aromatic carbocycles. The lowest BCUT2D eigenvalue weighted by molar-refractivity contribution is -0.274. The molecule has 0 saturated heterocycles. The molecule has 10 heteroatoms. The van der Waals surface area contributed by atoms with Crippen LogP contribution in [0.4, 0.5) is 18.9 Å². The van der Waals surface area contributed by atoms with E-state index in [0.717, 1.165) is 28.4 Å². The Labute approximate surface area is 183 Å². The second kappa shape index (κ2) is 8.04. The first kappa shape index (κ1) is 21.4. The highest BCUT2D eigenvalue weighted by atomic mass is 32.1. The summed E-state index contributed by atoms with van der Waals surface area (Å²) in [6.45, 7) is 0. The lowest BCUT2D eigenvalue weighted by Crippen LogP contribution is -2.31. The second-order valence-corrected chi connectivity index (χ2v) is 7.73. The topological polar surface area (TPSA) is 87.1 Å². The van der Waals surface area contributed by atoms with Gasteiger partial charge in [0.2, 0.25) is 5.78 Å². The fraction of sp³-hybridized carbons (Fsp3) is 0.0909. The van der Waals surface area contributed by atoms with Gasteiger partial charge in [-0.3, -0.25) is 14.5 Å². The molecule has 0 bridgehead atoms. The first-order valence-electron chi connectivity index (χ1n) is 9.15. The molecule has 1 aliphatic heterocycles. The SMILES string of the molecule is O=C(C1=C(O)C(=O)N(c2ccc(OC(F)(F)F)cc2)C1c1ccc(O)cc1)c1cccs1. The number of aliphatic hydroxyl groups is 1. The van der Waals surface area contributed by atoms with E-state index >= 15 is 0 Å². The summed E-state index contributed by atoms with van der Waals surface area (Å²) >= 11 is 1.14. The zero-order valence-corrected chi connectivity index (χ0v) is 16.9. The summed E-state index contributed by atoms with van der Waals surface area (Å²) in [5.41, 5.74) is 0.387. The van der Waals surface area contributed by atoms with Gasteiger partial charge in [0.25, 0.3) is 5.91 Å². The van der Waals surface area contributed by atoms with Gasteiger partial charge >= 0.3 is 6.36 Å². The van der Waals surface area contributed by atoms with Crippen molar-refractivity contribution in [1.82, 2.24) is 0 Å². The number of hydrogen-bond acceptors (Lipinski definition) is 6. The number of phenolic OH excluding ortho intramolecular Hbond substituents is 1. The molecule has 2 N–H and O–H groups in total. The van der Waals surface area contributed by atoms with E-state index in [4.69, 9.17) is 0 Å². The van der Waals surface area contributed by atoms with Crippen LogP contribution in [-0.4, -0.2) is 28.3 Å². The summed E-state index contributed by atoms with van der Waals surface area (Å²) in [4.78, 5) is 27.5. The number of aromatic hydroxyl groups is 1. The third-order valence-electron chi connectivity index (χ3n) is 4.76. The number of hydrogen-bond donors (Lipinski definition) is 2. The minimum absolute atomic E-state index is 0.0439. The number of nitrogens with zero attached hydrogens (tertiary/aromatic N) is 1. The number of carbonyl (C=O) groups is 2. The summed E-state index contributed by atoms with van der Waals surface area (Å²) in [5.74, 6) is -2.72. The van der Waals surface area contributed by atoms with Crippen LogP contribution < -0.4 is 9.64 Å². The van der Waals surface area contributed by atoms with E-state index in [0.29, 0.717) is 10.4 Å². The molecule has 2 heterocycles. The van der Waals surface area contributed by atoms with Crippen LogP contribution in [0, 0.1) is 0 Å². The van der Waals surface area contributed by atoms with Gasteiger partial charge in [-0.25, -0.2) is 0 Å². The van der Waals surface area contributed by atoms with Gasteiger partial charge in [0.1, 0.15) is 11.5 Å². The highest BCUT2D eigenvalue weighted by Gasteiger charge is 2.45. The smallest absolute Gasteiger partial charge is 0.508 e. The van der Waals surface area contributed by atoms with Crippen LogP contribution in [0.1, 0.15) is 21.3 Å². The lowest BCUT2D eigenvalue weighted by atomic mass is 9.95. The number of carbonyl (C=O) groups excluding carboxylic acids is 2. The molecule has 164 valence electrons. The number of thiophene rings is 1. The van der Waals surface area contributed by atoms with E-state index in [1.54, 1.807) is 17.5 Å². The molecule has 1 unspecified atom stereocenters. The zero-order chi connectivity index (χ0) is 23.0. The molecule has 4 rings (SSSR count). The van der Waals surface area contributed by atoms with E-state index in [1.807, 2.05) is 0 Å². The molecule has 1 aromatic heterocycles. The van der Waals surface area contributed by atoms with Gasteiger partial charge in [0.05, 0.1) is 16.5 Å². The quantitative estimate of drug-likeness (QED) is 0.514. The number of benzene rings is 2. The number of anilines is 1. The molecule has 1 amide bonds. The minimum Gasteiger partial charge on any atom is -0.508 e. The molecule has 0 aliphatic carbocycles. The largest absolute Gasteiger partial charge is 0.573 e. The summed E-state index contributed by atoms with van der Waals surface area (Å²) in [6, 6.07) is 12.3. The van der Waals surface area contributed by atoms with Crippen molar-refractivity contribution in [2.24, 2.45) is 0 Å². The van der Waals surface area contributed by atoms with Crippen molar-refractivity contribution in [1.29, 1.82) is 0 Å². The molecular weight excluding hydrogens is 447 g/mol. The number of rotatable bonds is 5. The van der Waals surface area contributed by atoms with Gasteiger partial charge in [-0.15, -0.1) is 24.5 Å². The number of aliphatic hydroxyl groups excluding tert-OH is 1. The molecule has 3 aromatic rings. The van der Waals surface area contributed by atoms with Crippen molar-refractivity contribution in [2.45, 2.75) is 12.4 Å². The van der Waals surface area contributed by atoms with Crippen LogP contribution in [-0.2, 0) is 4.79 Å². The Bertz CT molecular complexity index is 1190. The zero-order valence-electron chi connectivity index (χ0n) is 16.0. The van der Waals surface area contributed by atoms with Gasteiger partial charge < -0.3 is 14.9 Å². The number of phenols is 1. The predicted octanol–water partition coefficient (Wildman–Crippen LogP) is 5.14. The Morgan fingerprint density at radius 2 is 1.66 bits per heavy atom. The third kappa shape index (κ3) is 4.04. The maximum atomic E-state index is 13.1. The monoisotopic (exact) mass is 461 g/mol. The van der Waals surface area contributed by atoms with Crippen molar-refractivity contribution in [3.8, 4) is 11.5 Å². The second-order valence-electron chi connectivity index (χ2n) is 6.78. The van der Waals surface area contributed by atoms with Crippen LogP contribution in [0.15, 0.2) is 77.4 Å². The highest BCUT2D eigenvalue weighted by molar-refractivity contribution is 7.12. The average Bonchev–Trinajstić information content (AvgIpc) is 3.36. The van der Waals surface area contributed by atoms with E-state index in [2.05, 4.69) is 4.74 Å². The fourth-order valence-electron chi connectivity index (χ4n) is 3.42. The lowest BCUT2D eigenvalue weighted by Gasteiger charge is -2.27. The summed E-state index contributed by atoms with van der Waals surface area (Å²) in [5, 5.41) is 21.9. The molecule has 6 nitrogen and oxygen atoms in total. The van der Waals surface area contributed by atoms with Gasteiger partial charge in [0.15, 0.2) is 5.76 Å². The van der Waals surface area contributed by atoms with Crippen molar-refractivity contribution >= 4 is 28.7 Å². The van der Waals surface area contributed by atoms with E-state index in [9.17, 15) is 33.0 Å².